The van der Waals surface area contributed by atoms with Gasteiger partial charge in [0.05, 0.1) is 18.1 Å². The van der Waals surface area contributed by atoms with Crippen LogP contribution in [0.1, 0.15) is 63.9 Å². The molecule has 0 heterocycles. The molecule has 48 heavy (non-hydrogen) atoms. The van der Waals surface area contributed by atoms with Crippen LogP contribution in [0.3, 0.4) is 0 Å². The number of nitrogens with one attached hydrogen (secondary N) is 2. The zero-order valence-electron chi connectivity index (χ0n) is 28.4. The number of halogens is 3. The fourth-order valence-corrected chi connectivity index (χ4v) is 5.66. The molecule has 4 N–H and O–H groups in total. The number of aliphatic hydroxyl groups excluding tert-OH is 2. The number of aliphatic hydroxyl groups is 2. The highest BCUT2D eigenvalue weighted by molar-refractivity contribution is 5.91. The second-order valence-corrected chi connectivity index (χ2v) is 12.5. The molecule has 0 spiro atoms. The number of likely N-dealkylation sites (N-methyl/N-ethyl adjacent to an activating group) is 2. The molecule has 3 amide bonds. The molecule has 1 saturated carbocycles. The third kappa shape index (κ3) is 15.5. The van der Waals surface area contributed by atoms with Gasteiger partial charge in [0.2, 0.25) is 24.6 Å². The quantitative estimate of drug-likeness (QED) is 0.140. The lowest BCUT2D eigenvalue weighted by Crippen LogP contribution is -2.57. The Morgan fingerprint density at radius 3 is 2.17 bits per heavy atom. The third-order valence-electron chi connectivity index (χ3n) is 8.68. The highest BCUT2D eigenvalue weighted by Crippen LogP contribution is 2.29. The van der Waals surface area contributed by atoms with E-state index >= 15 is 0 Å². The van der Waals surface area contributed by atoms with Gasteiger partial charge >= 0.3 is 0 Å². The molecule has 0 saturated heterocycles. The van der Waals surface area contributed by atoms with Gasteiger partial charge in [0.15, 0.2) is 0 Å². The van der Waals surface area contributed by atoms with Crippen molar-refractivity contribution in [2.45, 2.75) is 89.0 Å². The first-order valence-corrected chi connectivity index (χ1v) is 16.4. The fourth-order valence-electron chi connectivity index (χ4n) is 5.66. The zero-order valence-corrected chi connectivity index (χ0v) is 28.4. The van der Waals surface area contributed by atoms with Gasteiger partial charge in [-0.2, -0.15) is 0 Å². The number of amides is 3. The van der Waals surface area contributed by atoms with E-state index in [1.165, 1.54) is 9.80 Å². The topological polar surface area (TPSA) is 122 Å². The van der Waals surface area contributed by atoms with Crippen LogP contribution in [0.4, 0.5) is 13.2 Å². The van der Waals surface area contributed by atoms with Crippen LogP contribution in [0, 0.1) is 42.4 Å². The molecule has 268 valence electrons. The highest BCUT2D eigenvalue weighted by atomic mass is 19.3. The first kappa shape index (κ1) is 42.4. The normalized spacial score (nSPS) is 16.8. The summed E-state index contributed by atoms with van der Waals surface area (Å²) in [6.45, 7) is -0.134. The maximum Gasteiger partial charge on any atom is 0.244 e. The summed E-state index contributed by atoms with van der Waals surface area (Å²) in [5, 5.41) is 27.1. The first-order chi connectivity index (χ1) is 22.9. The first-order valence-electron chi connectivity index (χ1n) is 16.4. The van der Waals surface area contributed by atoms with Gasteiger partial charge in [-0.1, -0.05) is 62.4 Å². The van der Waals surface area contributed by atoms with Crippen LogP contribution in [0.5, 0.6) is 0 Å². The Labute approximate surface area is 284 Å². The third-order valence-corrected chi connectivity index (χ3v) is 8.68. The molecular weight excluding hydrogens is 625 g/mol. The number of benzene rings is 1. The molecule has 1 aliphatic rings. The second kappa shape index (κ2) is 23.7. The molecule has 0 aromatic heterocycles. The average molecular weight is 679 g/mol. The van der Waals surface area contributed by atoms with Gasteiger partial charge in [-0.15, -0.1) is 24.7 Å². The Morgan fingerprint density at radius 2 is 1.60 bits per heavy atom. The van der Waals surface area contributed by atoms with Crippen LogP contribution < -0.4 is 10.6 Å². The van der Waals surface area contributed by atoms with Crippen LogP contribution in [-0.4, -0.2) is 103 Å². The van der Waals surface area contributed by atoms with Crippen molar-refractivity contribution < 1.29 is 37.8 Å². The molecule has 1 aliphatic carbocycles. The van der Waals surface area contributed by atoms with Crippen LogP contribution in [0.15, 0.2) is 30.3 Å². The minimum Gasteiger partial charge on any atom is -0.389 e. The molecule has 6 atom stereocenters. The van der Waals surface area contributed by atoms with E-state index in [0.29, 0.717) is 13.0 Å². The summed E-state index contributed by atoms with van der Waals surface area (Å²) < 4.78 is 32.1. The number of nitrogens with zero attached hydrogens (tertiary/aromatic N) is 2. The van der Waals surface area contributed by atoms with Gasteiger partial charge in [-0.3, -0.25) is 19.3 Å². The molecule has 1 fully saturated rings. The van der Waals surface area contributed by atoms with E-state index in [9.17, 15) is 37.8 Å². The largest absolute Gasteiger partial charge is 0.389 e. The van der Waals surface area contributed by atoms with Gasteiger partial charge in [0, 0.05) is 38.9 Å². The van der Waals surface area contributed by atoms with E-state index in [1.54, 1.807) is 21.0 Å². The molecule has 5 unspecified atom stereocenters. The smallest absolute Gasteiger partial charge is 0.244 e. The Bertz CT molecular complexity index is 1170. The van der Waals surface area contributed by atoms with Crippen molar-refractivity contribution in [2.75, 3.05) is 40.9 Å². The van der Waals surface area contributed by atoms with Crippen LogP contribution in [0.2, 0.25) is 0 Å². The average Bonchev–Trinajstić information content (AvgIpc) is 3.09. The van der Waals surface area contributed by atoms with Gasteiger partial charge in [-0.25, -0.2) is 13.2 Å². The zero-order chi connectivity index (χ0) is 36.1. The lowest BCUT2D eigenvalue weighted by Gasteiger charge is -2.33. The molecule has 12 heteroatoms. The van der Waals surface area contributed by atoms with Gasteiger partial charge in [-0.05, 0) is 38.3 Å². The van der Waals surface area contributed by atoms with E-state index < -0.39 is 61.7 Å². The van der Waals surface area contributed by atoms with Crippen molar-refractivity contribution in [1.82, 2.24) is 20.4 Å². The van der Waals surface area contributed by atoms with Crippen LogP contribution >= 0.6 is 0 Å². The predicted octanol–water partition coefficient (Wildman–Crippen LogP) is 3.39. The van der Waals surface area contributed by atoms with Crippen molar-refractivity contribution in [3.63, 3.8) is 0 Å². The minimum atomic E-state index is -1.75. The summed E-state index contributed by atoms with van der Waals surface area (Å²) in [6.07, 6.45) is 14.2. The van der Waals surface area contributed by atoms with E-state index in [4.69, 9.17) is 12.8 Å². The number of terminal acetylenes is 2. The van der Waals surface area contributed by atoms with Gasteiger partial charge in [0.25, 0.3) is 0 Å². The lowest BCUT2D eigenvalue weighted by atomic mass is 9.82. The Morgan fingerprint density at radius 1 is 0.979 bits per heavy atom. The molecule has 1 aromatic carbocycles. The number of carbonyl (C=O) groups excluding carboxylic acids is 3. The molecular formula is C36H53F3N4O5. The van der Waals surface area contributed by atoms with Crippen LogP contribution in [0.25, 0.3) is 0 Å². The van der Waals surface area contributed by atoms with Crippen LogP contribution in [-0.2, 0) is 20.8 Å². The molecule has 1 aromatic rings. The van der Waals surface area contributed by atoms with Gasteiger partial charge < -0.3 is 25.7 Å². The fraction of sp³-hybridized carbons (Fsp3) is 0.639. The SMILES string of the molecule is C#CCC(O)C(O)C(CC1CCCCC1)NC(=O)[C@@H](NC(=O)C(CC(=O)N(C)CCN(C)CF)Cc1ccccc1)C(C)C#C.FCF. The van der Waals surface area contributed by atoms with E-state index in [0.717, 1.165) is 37.7 Å². The van der Waals surface area contributed by atoms with Crippen molar-refractivity contribution in [1.29, 1.82) is 0 Å². The monoisotopic (exact) mass is 678 g/mol. The highest BCUT2D eigenvalue weighted by Gasteiger charge is 2.35. The standard InChI is InChI=1S/C35H51FN4O5.CH2F2/c1-6-14-30(41)33(43)29(22-27-17-12-9-13-18-27)37-35(45)32(25(3)7-2)38-34(44)28(21-26-15-10-8-11-16-26)23-31(42)40(5)20-19-39(4)24-36;2-1-3/h1-2,8,10-11,15-16,25,27-30,32-33,41,43H,9,12-14,17-24H2,3-5H3,(H,37,45)(H,38,44);1H2/t25?,28?,29?,30?,32-,33?;/m0./s1. The Balaban J connectivity index is 0.00000369. The van der Waals surface area contributed by atoms with Gasteiger partial charge in [0.1, 0.15) is 18.9 Å². The van der Waals surface area contributed by atoms with Crippen molar-refractivity contribution >= 4 is 17.7 Å². The summed E-state index contributed by atoms with van der Waals surface area (Å²) >= 11 is 0. The maximum atomic E-state index is 13.8. The molecule has 0 radical (unpaired) electrons. The van der Waals surface area contributed by atoms with E-state index in [1.807, 2.05) is 30.3 Å². The predicted molar refractivity (Wildman–Crippen MR) is 180 cm³/mol. The number of carbonyl (C=O) groups is 3. The number of hydrogen-bond acceptors (Lipinski definition) is 6. The molecule has 0 aliphatic heterocycles. The maximum absolute atomic E-state index is 13.8. The summed E-state index contributed by atoms with van der Waals surface area (Å²) in [5.41, 5.74) is 0.842. The molecule has 0 bridgehead atoms. The Kier molecular flexibility index (Phi) is 21.0. The summed E-state index contributed by atoms with van der Waals surface area (Å²) in [6, 6.07) is 7.30. The minimum absolute atomic E-state index is 0.0766. The Hall–Kier alpha value is -3.58. The summed E-state index contributed by atoms with van der Waals surface area (Å²) in [7, 11) is 3.21. The van der Waals surface area contributed by atoms with Crippen molar-refractivity contribution in [2.24, 2.45) is 17.8 Å². The van der Waals surface area contributed by atoms with E-state index in [2.05, 4.69) is 22.5 Å². The molecule has 2 rings (SSSR count). The number of alkyl halides is 3. The lowest BCUT2D eigenvalue weighted by molar-refractivity contribution is -0.137. The van der Waals surface area contributed by atoms with E-state index in [-0.39, 0.29) is 37.6 Å². The summed E-state index contributed by atoms with van der Waals surface area (Å²) in [5.74, 6) is 2.22. The number of rotatable bonds is 18. The number of hydrogen-bond donors (Lipinski definition) is 4. The van der Waals surface area contributed by atoms with Crippen molar-refractivity contribution in [3.8, 4) is 24.7 Å². The van der Waals surface area contributed by atoms with Crippen molar-refractivity contribution in [3.05, 3.63) is 35.9 Å². The molecule has 9 nitrogen and oxygen atoms in total. The summed E-state index contributed by atoms with van der Waals surface area (Å²) in [4.78, 5) is 43.6. The second-order valence-electron chi connectivity index (χ2n) is 12.5.